The Morgan fingerprint density at radius 1 is 1.35 bits per heavy atom. The van der Waals surface area contributed by atoms with E-state index in [4.69, 9.17) is 5.11 Å². The number of pyridine rings is 1. The summed E-state index contributed by atoms with van der Waals surface area (Å²) in [6, 6.07) is 1.82. The van der Waals surface area contributed by atoms with E-state index in [0.29, 0.717) is 6.20 Å². The van der Waals surface area contributed by atoms with Crippen molar-refractivity contribution < 1.29 is 32.7 Å². The maximum Gasteiger partial charge on any atom is 0.493 e. The van der Waals surface area contributed by atoms with Gasteiger partial charge in [-0.2, -0.15) is 13.2 Å². The van der Waals surface area contributed by atoms with Gasteiger partial charge in [0.15, 0.2) is 0 Å². The van der Waals surface area contributed by atoms with E-state index in [-0.39, 0.29) is 4.73 Å². The largest absolute Gasteiger partial charge is 0.493 e. The van der Waals surface area contributed by atoms with E-state index in [1.807, 2.05) is 0 Å². The Morgan fingerprint density at radius 2 is 1.94 bits per heavy atom. The van der Waals surface area contributed by atoms with Crippen molar-refractivity contribution in [1.82, 2.24) is 4.73 Å². The molecule has 0 saturated heterocycles. The van der Waals surface area contributed by atoms with E-state index in [0.717, 1.165) is 12.1 Å². The van der Waals surface area contributed by atoms with Gasteiger partial charge in [0.25, 0.3) is 5.56 Å². The van der Waals surface area contributed by atoms with Crippen molar-refractivity contribution in [1.29, 1.82) is 0 Å². The molecule has 92 valence electrons. The average molecular weight is 251 g/mol. The van der Waals surface area contributed by atoms with Crippen molar-refractivity contribution in [2.24, 2.45) is 0 Å². The number of hydrogen-bond donors (Lipinski definition) is 1. The van der Waals surface area contributed by atoms with Crippen LogP contribution in [0.3, 0.4) is 0 Å². The van der Waals surface area contributed by atoms with Crippen molar-refractivity contribution in [3.63, 3.8) is 0 Å². The van der Waals surface area contributed by atoms with Gasteiger partial charge in [-0.1, -0.05) is 0 Å². The normalized spacial score (nSPS) is 11.0. The molecule has 0 radical (unpaired) electrons. The highest BCUT2D eigenvalue weighted by Crippen LogP contribution is 2.14. The highest BCUT2D eigenvalue weighted by molar-refractivity contribution is 5.87. The minimum atomic E-state index is -5.28. The molecule has 17 heavy (non-hydrogen) atoms. The molecule has 0 atom stereocenters. The van der Waals surface area contributed by atoms with Crippen LogP contribution >= 0.6 is 0 Å². The van der Waals surface area contributed by atoms with Crippen molar-refractivity contribution in [2.45, 2.75) is 6.18 Å². The van der Waals surface area contributed by atoms with Crippen LogP contribution in [0, 0.1) is 0 Å². The standard InChI is InChI=1S/C8H4F3NO5/c9-8(10,11)7(16)17-12-3-1-2-4(5(12)13)6(14)15/h1-3H,(H,14,15). The number of alkyl halides is 3. The zero-order valence-electron chi connectivity index (χ0n) is 7.89. The van der Waals surface area contributed by atoms with E-state index < -0.39 is 29.2 Å². The lowest BCUT2D eigenvalue weighted by Gasteiger charge is -2.08. The first-order valence-electron chi connectivity index (χ1n) is 3.98. The number of aromatic nitrogens is 1. The van der Waals surface area contributed by atoms with Crippen LogP contribution in [0.5, 0.6) is 0 Å². The van der Waals surface area contributed by atoms with Crippen LogP contribution in [0.4, 0.5) is 13.2 Å². The van der Waals surface area contributed by atoms with Gasteiger partial charge >= 0.3 is 18.1 Å². The molecule has 1 rings (SSSR count). The lowest BCUT2D eigenvalue weighted by Crippen LogP contribution is -2.39. The summed E-state index contributed by atoms with van der Waals surface area (Å²) in [5.74, 6) is -4.27. The Balaban J connectivity index is 3.10. The fourth-order valence-electron chi connectivity index (χ4n) is 0.851. The van der Waals surface area contributed by atoms with E-state index in [9.17, 15) is 27.6 Å². The molecule has 1 aromatic rings. The molecule has 0 aliphatic rings. The summed E-state index contributed by atoms with van der Waals surface area (Å²) in [6.45, 7) is 0. The van der Waals surface area contributed by atoms with Gasteiger partial charge in [0.1, 0.15) is 5.56 Å². The molecule has 1 N–H and O–H groups in total. The number of carbonyl (C=O) groups excluding carboxylic acids is 1. The molecule has 0 amide bonds. The van der Waals surface area contributed by atoms with Crippen LogP contribution in [-0.2, 0) is 4.79 Å². The van der Waals surface area contributed by atoms with Crippen LogP contribution < -0.4 is 10.4 Å². The van der Waals surface area contributed by atoms with Gasteiger partial charge < -0.3 is 9.94 Å². The van der Waals surface area contributed by atoms with E-state index in [1.165, 1.54) is 0 Å². The number of carboxylic acids is 1. The molecule has 6 nitrogen and oxygen atoms in total. The first kappa shape index (κ1) is 12.7. The Morgan fingerprint density at radius 3 is 2.41 bits per heavy atom. The minimum absolute atomic E-state index is 0.0979. The lowest BCUT2D eigenvalue weighted by atomic mass is 10.3. The number of rotatable bonds is 2. The van der Waals surface area contributed by atoms with Gasteiger partial charge in [-0.15, -0.1) is 4.73 Å². The van der Waals surface area contributed by atoms with Gasteiger partial charge in [0.2, 0.25) is 0 Å². The molecular formula is C8H4F3NO5. The van der Waals surface area contributed by atoms with Gasteiger partial charge in [0.05, 0.1) is 0 Å². The Labute approximate surface area is 90.8 Å². The van der Waals surface area contributed by atoms with Gasteiger partial charge in [-0.05, 0) is 12.1 Å². The molecule has 0 bridgehead atoms. The summed E-state index contributed by atoms with van der Waals surface area (Å²) >= 11 is 0. The molecule has 1 heterocycles. The number of carbonyl (C=O) groups is 2. The fourth-order valence-corrected chi connectivity index (χ4v) is 0.851. The Bertz CT molecular complexity index is 519. The summed E-state index contributed by atoms with van der Waals surface area (Å²) in [5.41, 5.74) is -2.19. The summed E-state index contributed by atoms with van der Waals surface area (Å²) in [6.07, 6.45) is -4.59. The summed E-state index contributed by atoms with van der Waals surface area (Å²) in [7, 11) is 0. The van der Waals surface area contributed by atoms with Crippen LogP contribution in [0.1, 0.15) is 10.4 Å². The minimum Gasteiger partial charge on any atom is -0.477 e. The average Bonchev–Trinajstić information content (AvgIpc) is 2.19. The number of halogens is 3. The van der Waals surface area contributed by atoms with E-state index >= 15 is 0 Å². The molecule has 0 saturated carbocycles. The van der Waals surface area contributed by atoms with Gasteiger partial charge in [0, 0.05) is 6.20 Å². The second-order valence-electron chi connectivity index (χ2n) is 2.73. The number of hydrogen-bond acceptors (Lipinski definition) is 4. The summed E-state index contributed by atoms with van der Waals surface area (Å²) < 4.78 is 35.4. The van der Waals surface area contributed by atoms with Crippen LogP contribution in [0.2, 0.25) is 0 Å². The quantitative estimate of drug-likeness (QED) is 0.803. The van der Waals surface area contributed by atoms with Crippen molar-refractivity contribution in [3.05, 3.63) is 34.2 Å². The second kappa shape index (κ2) is 4.28. The third-order valence-electron chi connectivity index (χ3n) is 1.56. The topological polar surface area (TPSA) is 85.6 Å². The molecular weight excluding hydrogens is 247 g/mol. The summed E-state index contributed by atoms with van der Waals surface area (Å²) in [4.78, 5) is 35.8. The van der Waals surface area contributed by atoms with E-state index in [2.05, 4.69) is 4.84 Å². The second-order valence-corrected chi connectivity index (χ2v) is 2.73. The van der Waals surface area contributed by atoms with E-state index in [1.54, 1.807) is 0 Å². The molecule has 0 aliphatic heterocycles. The molecule has 0 spiro atoms. The van der Waals surface area contributed by atoms with Crippen LogP contribution in [-0.4, -0.2) is 28.0 Å². The highest BCUT2D eigenvalue weighted by Gasteiger charge is 2.42. The molecule has 0 unspecified atom stereocenters. The zero-order chi connectivity index (χ0) is 13.2. The molecule has 0 fully saturated rings. The first-order chi connectivity index (χ1) is 7.73. The third kappa shape index (κ3) is 2.83. The Hall–Kier alpha value is -2.32. The maximum atomic E-state index is 11.8. The molecule has 1 aromatic heterocycles. The first-order valence-corrected chi connectivity index (χ1v) is 3.98. The van der Waals surface area contributed by atoms with Crippen molar-refractivity contribution in [3.8, 4) is 0 Å². The number of aromatic carboxylic acids is 1. The van der Waals surface area contributed by atoms with Crippen LogP contribution in [0.25, 0.3) is 0 Å². The molecule has 0 aromatic carbocycles. The third-order valence-corrected chi connectivity index (χ3v) is 1.56. The summed E-state index contributed by atoms with van der Waals surface area (Å²) in [5, 5.41) is 8.51. The smallest absolute Gasteiger partial charge is 0.477 e. The maximum absolute atomic E-state index is 11.8. The van der Waals surface area contributed by atoms with Crippen molar-refractivity contribution >= 4 is 11.9 Å². The Kier molecular flexibility index (Phi) is 3.21. The molecule has 9 heteroatoms. The predicted octanol–water partition coefficient (Wildman–Crippen LogP) is 0.0640. The highest BCUT2D eigenvalue weighted by atomic mass is 19.4. The van der Waals surface area contributed by atoms with Crippen LogP contribution in [0.15, 0.2) is 23.1 Å². The number of carboxylic acid groups (broad SMARTS) is 1. The predicted molar refractivity (Wildman–Crippen MR) is 45.3 cm³/mol. The SMILES string of the molecule is O=C(O)c1cccn(OC(=O)C(F)(F)F)c1=O. The monoisotopic (exact) mass is 251 g/mol. The fraction of sp³-hybridized carbons (Fsp3) is 0.125. The molecule has 0 aliphatic carbocycles. The number of nitrogens with zero attached hydrogens (tertiary/aromatic N) is 1. The zero-order valence-corrected chi connectivity index (χ0v) is 7.89. The lowest BCUT2D eigenvalue weighted by molar-refractivity contribution is -0.200. The van der Waals surface area contributed by atoms with Crippen molar-refractivity contribution in [2.75, 3.05) is 0 Å². The van der Waals surface area contributed by atoms with Gasteiger partial charge in [-0.25, -0.2) is 9.59 Å². The van der Waals surface area contributed by atoms with Gasteiger partial charge in [-0.3, -0.25) is 4.79 Å².